The average Bonchev–Trinajstić information content (AvgIpc) is 3.61. The number of rotatable bonds is 6. The molecule has 0 radical (unpaired) electrons. The summed E-state index contributed by atoms with van der Waals surface area (Å²) in [5.41, 5.74) is 0.143. The minimum Gasteiger partial charge on any atom is -0.422 e. The number of hydrogen-bond donors (Lipinski definition) is 1. The number of amides is 1. The van der Waals surface area contributed by atoms with Crippen LogP contribution in [0.3, 0.4) is 0 Å². The van der Waals surface area contributed by atoms with E-state index in [4.69, 9.17) is 20.8 Å². The van der Waals surface area contributed by atoms with Gasteiger partial charge in [-0.1, -0.05) is 23.7 Å². The van der Waals surface area contributed by atoms with Crippen molar-refractivity contribution < 1.29 is 26.8 Å². The van der Waals surface area contributed by atoms with Gasteiger partial charge in [0, 0.05) is 37.5 Å². The van der Waals surface area contributed by atoms with Crippen LogP contribution in [0.15, 0.2) is 39.5 Å². The second kappa shape index (κ2) is 8.92. The molecule has 4 rings (SSSR count). The van der Waals surface area contributed by atoms with Gasteiger partial charge in [-0.2, -0.15) is 0 Å². The Hall–Kier alpha value is -3.11. The number of hydrogen-bond acceptors (Lipinski definition) is 6. The molecule has 1 aromatic heterocycles. The summed E-state index contributed by atoms with van der Waals surface area (Å²) in [4.78, 5) is 25.8. The molecule has 3 aromatic rings. The van der Waals surface area contributed by atoms with Crippen LogP contribution in [-0.2, 0) is 16.4 Å². The topological polar surface area (TPSA) is 106 Å². The van der Waals surface area contributed by atoms with E-state index in [1.807, 2.05) is 0 Å². The third-order valence-electron chi connectivity index (χ3n) is 5.56. The van der Waals surface area contributed by atoms with Crippen molar-refractivity contribution in [1.29, 1.82) is 0 Å². The number of sulfonamides is 1. The highest BCUT2D eigenvalue weighted by Crippen LogP contribution is 2.34. The van der Waals surface area contributed by atoms with Gasteiger partial charge in [-0.05, 0) is 43.0 Å². The van der Waals surface area contributed by atoms with Crippen molar-refractivity contribution in [2.45, 2.75) is 31.4 Å². The zero-order valence-electron chi connectivity index (χ0n) is 18.6. The lowest BCUT2D eigenvalue weighted by molar-refractivity contribution is 0.172. The second-order valence-electron chi connectivity index (χ2n) is 8.34. The van der Waals surface area contributed by atoms with Gasteiger partial charge in [0.15, 0.2) is 11.6 Å². The highest BCUT2D eigenvalue weighted by molar-refractivity contribution is 7.93. The molecule has 1 aliphatic rings. The number of carbonyl (C=O) groups excluding carboxylic acids is 1. The fourth-order valence-electron chi connectivity index (χ4n) is 3.46. The molecule has 0 unspecified atom stereocenters. The van der Waals surface area contributed by atoms with E-state index >= 15 is 4.39 Å². The highest BCUT2D eigenvalue weighted by atomic mass is 35.5. The van der Waals surface area contributed by atoms with E-state index in [9.17, 15) is 18.0 Å². The summed E-state index contributed by atoms with van der Waals surface area (Å²) in [5, 5.41) is 0.125. The Morgan fingerprint density at radius 3 is 2.65 bits per heavy atom. The van der Waals surface area contributed by atoms with Crippen molar-refractivity contribution in [3.8, 4) is 5.75 Å². The molecule has 1 amide bonds. The molecule has 0 atom stereocenters. The number of nitrogens with zero attached hydrogens (tertiary/aromatic N) is 1. The SMILES string of the molecule is Cc1c(Cc2cccc(NS(=O)(=O)C3CC3)c2F)c(=O)oc2cc(OC(=O)N(C)C)c(Cl)cc12. The molecule has 1 aliphatic carbocycles. The molecule has 180 valence electrons. The van der Waals surface area contributed by atoms with Gasteiger partial charge in [-0.15, -0.1) is 0 Å². The van der Waals surface area contributed by atoms with Crippen molar-refractivity contribution >= 4 is 44.4 Å². The Morgan fingerprint density at radius 1 is 1.29 bits per heavy atom. The van der Waals surface area contributed by atoms with Crippen LogP contribution in [0.4, 0.5) is 14.9 Å². The lowest BCUT2D eigenvalue weighted by atomic mass is 9.99. The molecule has 34 heavy (non-hydrogen) atoms. The normalized spacial score (nSPS) is 13.7. The first-order valence-electron chi connectivity index (χ1n) is 10.4. The molecule has 11 heteroatoms. The zero-order chi connectivity index (χ0) is 24.8. The highest BCUT2D eigenvalue weighted by Gasteiger charge is 2.36. The van der Waals surface area contributed by atoms with Gasteiger partial charge in [-0.3, -0.25) is 4.72 Å². The van der Waals surface area contributed by atoms with Crippen LogP contribution in [0.2, 0.25) is 5.02 Å². The van der Waals surface area contributed by atoms with Gasteiger partial charge in [0.25, 0.3) is 0 Å². The van der Waals surface area contributed by atoms with Crippen molar-refractivity contribution in [3.05, 3.63) is 68.3 Å². The molecule has 8 nitrogen and oxygen atoms in total. The fourth-order valence-corrected chi connectivity index (χ4v) is 5.05. The van der Waals surface area contributed by atoms with E-state index in [-0.39, 0.29) is 39.6 Å². The first-order chi connectivity index (χ1) is 16.0. The number of fused-ring (bicyclic) bond motifs is 1. The summed E-state index contributed by atoms with van der Waals surface area (Å²) in [6, 6.07) is 7.19. The smallest absolute Gasteiger partial charge is 0.414 e. The monoisotopic (exact) mass is 508 g/mol. The summed E-state index contributed by atoms with van der Waals surface area (Å²) in [6.07, 6.45) is 0.327. The van der Waals surface area contributed by atoms with Gasteiger partial charge < -0.3 is 14.1 Å². The predicted octanol–water partition coefficient (Wildman–Crippen LogP) is 4.45. The maximum atomic E-state index is 15.1. The van der Waals surface area contributed by atoms with E-state index in [2.05, 4.69) is 4.72 Å². The molecule has 0 saturated heterocycles. The Kier molecular flexibility index (Phi) is 6.30. The van der Waals surface area contributed by atoms with Crippen LogP contribution >= 0.6 is 11.6 Å². The minimum atomic E-state index is -3.64. The molecule has 1 fully saturated rings. The Morgan fingerprint density at radius 2 is 2.00 bits per heavy atom. The quantitative estimate of drug-likeness (QED) is 0.493. The Balaban J connectivity index is 1.70. The largest absolute Gasteiger partial charge is 0.422 e. The second-order valence-corrected chi connectivity index (χ2v) is 10.7. The Labute approximate surface area is 200 Å². The number of halogens is 2. The average molecular weight is 509 g/mol. The van der Waals surface area contributed by atoms with E-state index in [0.29, 0.717) is 23.8 Å². The summed E-state index contributed by atoms with van der Waals surface area (Å²) in [5.74, 6) is -0.723. The van der Waals surface area contributed by atoms with Gasteiger partial charge in [0.2, 0.25) is 10.0 Å². The van der Waals surface area contributed by atoms with Crippen LogP contribution < -0.4 is 15.1 Å². The van der Waals surface area contributed by atoms with Gasteiger partial charge in [-0.25, -0.2) is 22.4 Å². The first kappa shape index (κ1) is 24.0. The molecule has 1 saturated carbocycles. The third kappa shape index (κ3) is 4.74. The number of nitrogens with one attached hydrogen (secondary N) is 1. The van der Waals surface area contributed by atoms with Crippen LogP contribution in [0.5, 0.6) is 5.75 Å². The van der Waals surface area contributed by atoms with Gasteiger partial charge in [0.05, 0.1) is 16.0 Å². The molecule has 0 spiro atoms. The van der Waals surface area contributed by atoms with E-state index < -0.39 is 32.8 Å². The fraction of sp³-hybridized carbons (Fsp3) is 0.304. The van der Waals surface area contributed by atoms with Gasteiger partial charge >= 0.3 is 11.7 Å². The number of carbonyl (C=O) groups is 1. The maximum absolute atomic E-state index is 15.1. The predicted molar refractivity (Wildman–Crippen MR) is 127 cm³/mol. The van der Waals surface area contributed by atoms with Crippen LogP contribution in [0.1, 0.15) is 29.5 Å². The molecule has 0 aliphatic heterocycles. The number of benzene rings is 2. The molecule has 2 aromatic carbocycles. The van der Waals surface area contributed by atoms with Crippen molar-refractivity contribution in [3.63, 3.8) is 0 Å². The van der Waals surface area contributed by atoms with Crippen molar-refractivity contribution in [2.75, 3.05) is 18.8 Å². The Bertz CT molecular complexity index is 1460. The van der Waals surface area contributed by atoms with Crippen LogP contribution in [0, 0.1) is 12.7 Å². The number of ether oxygens (including phenoxy) is 1. The van der Waals surface area contributed by atoms with Crippen molar-refractivity contribution in [2.24, 2.45) is 0 Å². The lowest BCUT2D eigenvalue weighted by Gasteiger charge is -2.14. The first-order valence-corrected chi connectivity index (χ1v) is 12.3. The molecule has 1 heterocycles. The minimum absolute atomic E-state index is 0.0323. The summed E-state index contributed by atoms with van der Waals surface area (Å²) in [7, 11) is -0.619. The zero-order valence-corrected chi connectivity index (χ0v) is 20.2. The van der Waals surface area contributed by atoms with Gasteiger partial charge in [0.1, 0.15) is 5.58 Å². The van der Waals surface area contributed by atoms with Crippen molar-refractivity contribution in [1.82, 2.24) is 4.90 Å². The summed E-state index contributed by atoms with van der Waals surface area (Å²) < 4.78 is 52.5. The maximum Gasteiger partial charge on any atom is 0.414 e. The number of aryl methyl sites for hydroxylation is 1. The third-order valence-corrected chi connectivity index (χ3v) is 7.71. The summed E-state index contributed by atoms with van der Waals surface area (Å²) >= 11 is 6.27. The van der Waals surface area contributed by atoms with Crippen LogP contribution in [-0.4, -0.2) is 38.8 Å². The van der Waals surface area contributed by atoms with E-state index in [1.165, 1.54) is 49.3 Å². The lowest BCUT2D eigenvalue weighted by Crippen LogP contribution is -2.25. The van der Waals surface area contributed by atoms with E-state index in [1.54, 1.807) is 6.92 Å². The summed E-state index contributed by atoms with van der Waals surface area (Å²) in [6.45, 7) is 1.67. The van der Waals surface area contributed by atoms with E-state index in [0.717, 1.165) is 0 Å². The molecule has 1 N–H and O–H groups in total. The molecular formula is C23H22ClFN2O6S. The molecule has 0 bridgehead atoms. The number of anilines is 1. The standard InChI is InChI=1S/C23H22ClFN2O6S/c1-12-15-10-17(24)20(33-23(29)27(2)3)11-19(15)32-22(28)16(12)9-13-5-4-6-18(21(13)25)26-34(30,31)14-7-8-14/h4-6,10-11,14,26H,7-9H2,1-3H3. The molecular weight excluding hydrogens is 487 g/mol. The van der Waals surface area contributed by atoms with Crippen LogP contribution in [0.25, 0.3) is 11.0 Å².